The van der Waals surface area contributed by atoms with E-state index >= 15 is 0 Å². The van der Waals surface area contributed by atoms with E-state index in [4.69, 9.17) is 4.74 Å². The molecule has 3 aromatic carbocycles. The molecule has 0 radical (unpaired) electrons. The molecule has 0 unspecified atom stereocenters. The summed E-state index contributed by atoms with van der Waals surface area (Å²) in [7, 11) is 1.53. The number of carbonyl (C=O) groups is 1. The Morgan fingerprint density at radius 2 is 1.73 bits per heavy atom. The summed E-state index contributed by atoms with van der Waals surface area (Å²) in [5, 5.41) is 6.07. The van der Waals surface area contributed by atoms with Gasteiger partial charge in [-0.25, -0.2) is 8.78 Å². The molecule has 0 spiro atoms. The number of aryl methyl sites for hydroxylation is 1. The number of hydrogen-bond acceptors (Lipinski definition) is 3. The first-order valence-corrected chi connectivity index (χ1v) is 9.60. The van der Waals surface area contributed by atoms with Gasteiger partial charge >= 0.3 is 0 Å². The molecule has 0 aliphatic rings. The molecule has 0 aliphatic carbocycles. The first-order chi connectivity index (χ1) is 14.4. The number of anilines is 1. The number of hydrogen-bond donors (Lipinski definition) is 2. The van der Waals surface area contributed by atoms with Gasteiger partial charge in [-0.15, -0.1) is 0 Å². The van der Waals surface area contributed by atoms with Crippen LogP contribution in [0.1, 0.15) is 35.7 Å². The fourth-order valence-corrected chi connectivity index (χ4v) is 3.29. The van der Waals surface area contributed by atoms with Crippen LogP contribution in [0.25, 0.3) is 0 Å². The first kappa shape index (κ1) is 21.5. The number of benzene rings is 3. The predicted octanol–water partition coefficient (Wildman–Crippen LogP) is 5.31. The number of ether oxygens (including phenoxy) is 1. The van der Waals surface area contributed by atoms with Crippen molar-refractivity contribution in [2.24, 2.45) is 0 Å². The van der Waals surface area contributed by atoms with Crippen molar-refractivity contribution in [2.75, 3.05) is 12.4 Å². The molecular formula is C24H24F2N2O2. The van der Waals surface area contributed by atoms with E-state index in [1.807, 2.05) is 49.4 Å². The molecule has 156 valence electrons. The highest BCUT2D eigenvalue weighted by Gasteiger charge is 2.25. The lowest BCUT2D eigenvalue weighted by Gasteiger charge is -2.24. The van der Waals surface area contributed by atoms with Crippen molar-refractivity contribution in [2.45, 2.75) is 25.9 Å². The second kappa shape index (κ2) is 9.50. The van der Waals surface area contributed by atoms with Gasteiger partial charge in [-0.05, 0) is 43.2 Å². The molecule has 4 nitrogen and oxygen atoms in total. The highest BCUT2D eigenvalue weighted by atomic mass is 19.1. The van der Waals surface area contributed by atoms with Crippen LogP contribution in [0.2, 0.25) is 0 Å². The summed E-state index contributed by atoms with van der Waals surface area (Å²) < 4.78 is 32.9. The third-order valence-corrected chi connectivity index (χ3v) is 4.85. The van der Waals surface area contributed by atoms with Gasteiger partial charge in [-0.3, -0.25) is 10.1 Å². The average Bonchev–Trinajstić information content (AvgIpc) is 2.72. The molecule has 0 heterocycles. The van der Waals surface area contributed by atoms with E-state index in [1.165, 1.54) is 19.2 Å². The Labute approximate surface area is 174 Å². The molecule has 30 heavy (non-hydrogen) atoms. The molecule has 0 fully saturated rings. The van der Waals surface area contributed by atoms with Crippen molar-refractivity contribution in [3.8, 4) is 5.75 Å². The van der Waals surface area contributed by atoms with Gasteiger partial charge in [0.2, 0.25) is 5.91 Å². The molecule has 2 atom stereocenters. The van der Waals surface area contributed by atoms with Crippen LogP contribution in [-0.2, 0) is 4.79 Å². The molecule has 6 heteroatoms. The van der Waals surface area contributed by atoms with E-state index in [9.17, 15) is 13.6 Å². The van der Waals surface area contributed by atoms with Crippen molar-refractivity contribution in [3.63, 3.8) is 0 Å². The number of rotatable bonds is 7. The van der Waals surface area contributed by atoms with Gasteiger partial charge in [0.1, 0.15) is 23.4 Å². The maximum absolute atomic E-state index is 14.2. The summed E-state index contributed by atoms with van der Waals surface area (Å²) in [6.07, 6.45) is 0. The normalized spacial score (nSPS) is 12.8. The lowest BCUT2D eigenvalue weighted by atomic mass is 10.0. The predicted molar refractivity (Wildman–Crippen MR) is 113 cm³/mol. The smallest absolute Gasteiger partial charge is 0.246 e. The fourth-order valence-electron chi connectivity index (χ4n) is 3.29. The minimum Gasteiger partial charge on any atom is -0.495 e. The van der Waals surface area contributed by atoms with Crippen LogP contribution in [0.3, 0.4) is 0 Å². The average molecular weight is 410 g/mol. The summed E-state index contributed by atoms with van der Waals surface area (Å²) in [5.74, 6) is -1.09. The zero-order chi connectivity index (χ0) is 21.7. The highest BCUT2D eigenvalue weighted by Crippen LogP contribution is 2.28. The second-order valence-electron chi connectivity index (χ2n) is 7.09. The van der Waals surface area contributed by atoms with Crippen LogP contribution in [0.4, 0.5) is 14.5 Å². The van der Waals surface area contributed by atoms with Gasteiger partial charge in [0, 0.05) is 17.7 Å². The summed E-state index contributed by atoms with van der Waals surface area (Å²) >= 11 is 0. The van der Waals surface area contributed by atoms with Crippen molar-refractivity contribution >= 4 is 11.6 Å². The molecule has 2 N–H and O–H groups in total. The second-order valence-corrected chi connectivity index (χ2v) is 7.09. The molecule has 1 amide bonds. The summed E-state index contributed by atoms with van der Waals surface area (Å²) in [6.45, 7) is 3.65. The van der Waals surface area contributed by atoms with E-state index < -0.39 is 23.7 Å². The molecule has 0 saturated carbocycles. The summed E-state index contributed by atoms with van der Waals surface area (Å²) in [5.41, 5.74) is 2.51. The lowest BCUT2D eigenvalue weighted by molar-refractivity contribution is -0.118. The van der Waals surface area contributed by atoms with Gasteiger partial charge in [-0.1, -0.05) is 42.5 Å². The van der Waals surface area contributed by atoms with Gasteiger partial charge in [0.25, 0.3) is 0 Å². The van der Waals surface area contributed by atoms with Crippen LogP contribution in [0, 0.1) is 18.6 Å². The molecular weight excluding hydrogens is 386 g/mol. The highest BCUT2D eigenvalue weighted by molar-refractivity contribution is 5.96. The fraction of sp³-hybridized carbons (Fsp3) is 0.208. The minimum absolute atomic E-state index is 0.276. The van der Waals surface area contributed by atoms with Crippen molar-refractivity contribution in [3.05, 3.63) is 95.1 Å². The zero-order valence-electron chi connectivity index (χ0n) is 17.1. The van der Waals surface area contributed by atoms with Crippen LogP contribution >= 0.6 is 0 Å². The van der Waals surface area contributed by atoms with E-state index in [-0.39, 0.29) is 11.5 Å². The topological polar surface area (TPSA) is 50.4 Å². The Kier molecular flexibility index (Phi) is 6.79. The number of amides is 1. The summed E-state index contributed by atoms with van der Waals surface area (Å²) in [4.78, 5) is 13.2. The van der Waals surface area contributed by atoms with E-state index in [2.05, 4.69) is 10.6 Å². The number of nitrogens with one attached hydrogen (secondary N) is 2. The Balaban J connectivity index is 1.89. The molecule has 0 bridgehead atoms. The summed E-state index contributed by atoms with van der Waals surface area (Å²) in [6, 6.07) is 16.7. The Hall–Kier alpha value is -3.25. The number of halogens is 2. The standard InChI is InChI=1S/C24H24F2N2O2/c1-15-9-12-22(30-3)21(13-15)28-24(29)23(17-7-5-4-6-8-17)27-16(2)19-11-10-18(25)14-20(19)26/h4-14,16,23,27H,1-3H3,(H,28,29)/t16-,23-/m1/s1. The van der Waals surface area contributed by atoms with Crippen molar-refractivity contribution < 1.29 is 18.3 Å². The van der Waals surface area contributed by atoms with E-state index in [0.717, 1.165) is 17.2 Å². The molecule has 3 rings (SSSR count). The molecule has 0 aliphatic heterocycles. The molecule has 0 saturated heterocycles. The Morgan fingerprint density at radius 1 is 1.00 bits per heavy atom. The monoisotopic (exact) mass is 410 g/mol. The number of methoxy groups -OCH3 is 1. The van der Waals surface area contributed by atoms with Crippen LogP contribution in [0.5, 0.6) is 5.75 Å². The van der Waals surface area contributed by atoms with Crippen LogP contribution in [0.15, 0.2) is 66.7 Å². The quantitative estimate of drug-likeness (QED) is 0.555. The van der Waals surface area contributed by atoms with E-state index in [0.29, 0.717) is 11.4 Å². The Bertz CT molecular complexity index is 1020. The van der Waals surface area contributed by atoms with Gasteiger partial charge in [0.05, 0.1) is 12.8 Å². The largest absolute Gasteiger partial charge is 0.495 e. The van der Waals surface area contributed by atoms with E-state index in [1.54, 1.807) is 13.0 Å². The third kappa shape index (κ3) is 5.02. The number of carbonyl (C=O) groups excluding carboxylic acids is 1. The maximum Gasteiger partial charge on any atom is 0.246 e. The zero-order valence-corrected chi connectivity index (χ0v) is 17.1. The minimum atomic E-state index is -0.768. The maximum atomic E-state index is 14.2. The van der Waals surface area contributed by atoms with Crippen LogP contribution < -0.4 is 15.4 Å². The Morgan fingerprint density at radius 3 is 2.40 bits per heavy atom. The first-order valence-electron chi connectivity index (χ1n) is 9.60. The van der Waals surface area contributed by atoms with Gasteiger partial charge in [-0.2, -0.15) is 0 Å². The third-order valence-electron chi connectivity index (χ3n) is 4.85. The molecule has 0 aromatic heterocycles. The van der Waals surface area contributed by atoms with Crippen molar-refractivity contribution in [1.82, 2.24) is 5.32 Å². The van der Waals surface area contributed by atoms with Crippen LogP contribution in [-0.4, -0.2) is 13.0 Å². The van der Waals surface area contributed by atoms with Crippen molar-refractivity contribution in [1.29, 1.82) is 0 Å². The molecule has 3 aromatic rings. The van der Waals surface area contributed by atoms with Gasteiger partial charge < -0.3 is 10.1 Å². The van der Waals surface area contributed by atoms with Gasteiger partial charge in [0.15, 0.2) is 0 Å². The lowest BCUT2D eigenvalue weighted by Crippen LogP contribution is -2.35. The SMILES string of the molecule is COc1ccc(C)cc1NC(=O)[C@H](N[C@H](C)c1ccc(F)cc1F)c1ccccc1.